The summed E-state index contributed by atoms with van der Waals surface area (Å²) in [6, 6.07) is 9.99. The molecule has 1 amide bonds. The number of carbonyl (C=O) groups excluding carboxylic acids is 1. The van der Waals surface area contributed by atoms with Crippen LogP contribution in [0.4, 0.5) is 0 Å². The van der Waals surface area contributed by atoms with Gasteiger partial charge in [-0.25, -0.2) is 0 Å². The first kappa shape index (κ1) is 22.9. The molecule has 0 bridgehead atoms. The lowest BCUT2D eigenvalue weighted by atomic mass is 10.0. The fourth-order valence-corrected chi connectivity index (χ4v) is 4.09. The van der Waals surface area contributed by atoms with Crippen molar-refractivity contribution in [1.82, 2.24) is 14.8 Å². The molecule has 0 aliphatic carbocycles. The van der Waals surface area contributed by atoms with Crippen molar-refractivity contribution in [3.63, 3.8) is 0 Å². The molecule has 3 rings (SSSR count). The number of pyridine rings is 1. The quantitative estimate of drug-likeness (QED) is 0.613. The van der Waals surface area contributed by atoms with E-state index in [1.165, 1.54) is 0 Å². The zero-order chi connectivity index (χ0) is 22.2. The van der Waals surface area contributed by atoms with Gasteiger partial charge in [-0.2, -0.15) is 0 Å². The van der Waals surface area contributed by atoms with Gasteiger partial charge in [-0.3, -0.25) is 9.78 Å². The van der Waals surface area contributed by atoms with E-state index >= 15 is 0 Å². The van der Waals surface area contributed by atoms with Crippen LogP contribution < -0.4 is 14.2 Å². The molecule has 1 fully saturated rings. The lowest BCUT2D eigenvalue weighted by molar-refractivity contribution is -0.132. The van der Waals surface area contributed by atoms with Crippen LogP contribution in [0.3, 0.4) is 0 Å². The summed E-state index contributed by atoms with van der Waals surface area (Å²) in [6.07, 6.45) is 5.07. The van der Waals surface area contributed by atoms with Crippen molar-refractivity contribution in [1.29, 1.82) is 0 Å². The average Bonchev–Trinajstić information content (AvgIpc) is 2.82. The first-order chi connectivity index (χ1) is 15.0. The van der Waals surface area contributed by atoms with Crippen LogP contribution in [0.15, 0.2) is 36.5 Å². The highest BCUT2D eigenvalue weighted by Crippen LogP contribution is 2.38. The van der Waals surface area contributed by atoms with Crippen molar-refractivity contribution in [2.45, 2.75) is 31.7 Å². The van der Waals surface area contributed by atoms with Crippen LogP contribution in [0.5, 0.6) is 17.2 Å². The van der Waals surface area contributed by atoms with Crippen LogP contribution in [0, 0.1) is 0 Å². The molecule has 168 valence electrons. The third-order valence-electron chi connectivity index (χ3n) is 5.99. The Hall–Kier alpha value is -2.80. The van der Waals surface area contributed by atoms with Crippen molar-refractivity contribution >= 4 is 5.91 Å². The summed E-state index contributed by atoms with van der Waals surface area (Å²) in [5, 5.41) is 0. The minimum absolute atomic E-state index is 0.0983. The molecule has 1 aromatic carbocycles. The number of nitrogens with zero attached hydrogens (tertiary/aromatic N) is 3. The molecular weight excluding hydrogens is 394 g/mol. The van der Waals surface area contributed by atoms with Gasteiger partial charge in [0, 0.05) is 51.0 Å². The molecule has 0 N–H and O–H groups in total. The second kappa shape index (κ2) is 11.0. The molecule has 0 spiro atoms. The minimum Gasteiger partial charge on any atom is -0.493 e. The SMILES string of the molecule is COc1cc(CC(=O)N(C)C2CCN(CCc3ccccn3)CC2)cc(OC)c1OC. The van der Waals surface area contributed by atoms with Gasteiger partial charge in [-0.15, -0.1) is 0 Å². The number of likely N-dealkylation sites (tertiary alicyclic amines) is 1. The van der Waals surface area contributed by atoms with E-state index in [4.69, 9.17) is 14.2 Å². The molecule has 0 saturated carbocycles. The maximum atomic E-state index is 12.9. The Bertz CT molecular complexity index is 826. The lowest BCUT2D eigenvalue weighted by Crippen LogP contribution is -2.46. The Balaban J connectivity index is 1.53. The van der Waals surface area contributed by atoms with Gasteiger partial charge < -0.3 is 24.0 Å². The van der Waals surface area contributed by atoms with Crippen LogP contribution >= 0.6 is 0 Å². The molecule has 1 aliphatic rings. The van der Waals surface area contributed by atoms with Crippen molar-refractivity contribution in [3.8, 4) is 17.2 Å². The topological polar surface area (TPSA) is 64.1 Å². The standard InChI is InChI=1S/C24H33N3O4/c1-26(20-9-13-27(14-10-20)12-8-19-7-5-6-11-25-19)23(28)17-18-15-21(29-2)24(31-4)22(16-18)30-3/h5-7,11,15-16,20H,8-10,12-14,17H2,1-4H3. The number of ether oxygens (including phenoxy) is 3. The van der Waals surface area contributed by atoms with Crippen molar-refractivity contribution in [2.75, 3.05) is 48.0 Å². The second-order valence-electron chi connectivity index (χ2n) is 7.86. The highest BCUT2D eigenvalue weighted by Gasteiger charge is 2.26. The number of piperidine rings is 1. The zero-order valence-corrected chi connectivity index (χ0v) is 19.0. The van der Waals surface area contributed by atoms with Crippen LogP contribution in [0.25, 0.3) is 0 Å². The molecule has 0 atom stereocenters. The number of amides is 1. The molecule has 1 aromatic heterocycles. The largest absolute Gasteiger partial charge is 0.493 e. The number of benzene rings is 1. The minimum atomic E-state index is 0.0983. The number of hydrogen-bond acceptors (Lipinski definition) is 6. The fraction of sp³-hybridized carbons (Fsp3) is 0.500. The summed E-state index contributed by atoms with van der Waals surface area (Å²) in [6.45, 7) is 3.01. The number of carbonyl (C=O) groups is 1. The van der Waals surface area contributed by atoms with Crippen molar-refractivity contribution in [3.05, 3.63) is 47.8 Å². The number of methoxy groups -OCH3 is 3. The Morgan fingerprint density at radius 2 is 1.77 bits per heavy atom. The molecule has 31 heavy (non-hydrogen) atoms. The predicted molar refractivity (Wildman–Crippen MR) is 120 cm³/mol. The summed E-state index contributed by atoms with van der Waals surface area (Å²) >= 11 is 0. The van der Waals surface area contributed by atoms with Crippen LogP contribution in [-0.4, -0.2) is 74.7 Å². The Kier molecular flexibility index (Phi) is 8.12. The molecule has 1 saturated heterocycles. The normalized spacial score (nSPS) is 14.8. The average molecular weight is 428 g/mol. The van der Waals surface area contributed by atoms with Crippen LogP contribution in [0.2, 0.25) is 0 Å². The van der Waals surface area contributed by atoms with E-state index in [1.807, 2.05) is 42.4 Å². The highest BCUT2D eigenvalue weighted by atomic mass is 16.5. The monoisotopic (exact) mass is 427 g/mol. The number of rotatable bonds is 9. The summed E-state index contributed by atoms with van der Waals surface area (Å²) in [5.74, 6) is 1.76. The molecule has 0 unspecified atom stereocenters. The third-order valence-corrected chi connectivity index (χ3v) is 5.99. The maximum Gasteiger partial charge on any atom is 0.226 e. The summed E-state index contributed by atoms with van der Waals surface area (Å²) in [7, 11) is 6.64. The van der Waals surface area contributed by atoms with E-state index in [0.717, 1.165) is 50.2 Å². The molecule has 2 aromatic rings. The van der Waals surface area contributed by atoms with Gasteiger partial charge in [0.2, 0.25) is 11.7 Å². The van der Waals surface area contributed by atoms with Gasteiger partial charge in [0.15, 0.2) is 11.5 Å². The molecule has 2 heterocycles. The Morgan fingerprint density at radius 1 is 1.10 bits per heavy atom. The van der Waals surface area contributed by atoms with Crippen LogP contribution in [0.1, 0.15) is 24.1 Å². The van der Waals surface area contributed by atoms with Gasteiger partial charge in [-0.1, -0.05) is 6.07 Å². The number of aromatic nitrogens is 1. The van der Waals surface area contributed by atoms with Gasteiger partial charge >= 0.3 is 0 Å². The molecule has 0 radical (unpaired) electrons. The Labute approximate surface area is 184 Å². The fourth-order valence-electron chi connectivity index (χ4n) is 4.09. The second-order valence-corrected chi connectivity index (χ2v) is 7.86. The summed E-state index contributed by atoms with van der Waals surface area (Å²) < 4.78 is 16.2. The Morgan fingerprint density at radius 3 is 2.32 bits per heavy atom. The van der Waals surface area contributed by atoms with Gasteiger partial charge in [-0.05, 0) is 42.7 Å². The first-order valence-electron chi connectivity index (χ1n) is 10.7. The van der Waals surface area contributed by atoms with E-state index in [1.54, 1.807) is 21.3 Å². The van der Waals surface area contributed by atoms with E-state index in [2.05, 4.69) is 16.0 Å². The number of likely N-dealkylation sites (N-methyl/N-ethyl adjacent to an activating group) is 1. The zero-order valence-electron chi connectivity index (χ0n) is 19.0. The maximum absolute atomic E-state index is 12.9. The van der Waals surface area contributed by atoms with Gasteiger partial charge in [0.05, 0.1) is 27.8 Å². The lowest BCUT2D eigenvalue weighted by Gasteiger charge is -2.36. The van der Waals surface area contributed by atoms with Gasteiger partial charge in [0.1, 0.15) is 0 Å². The molecule has 1 aliphatic heterocycles. The van der Waals surface area contributed by atoms with Crippen LogP contribution in [-0.2, 0) is 17.6 Å². The number of hydrogen-bond donors (Lipinski definition) is 0. The molecule has 7 heteroatoms. The highest BCUT2D eigenvalue weighted by molar-refractivity contribution is 5.79. The molecule has 7 nitrogen and oxygen atoms in total. The predicted octanol–water partition coefficient (Wildman–Crippen LogP) is 2.82. The van der Waals surface area contributed by atoms with Gasteiger partial charge in [0.25, 0.3) is 0 Å². The third kappa shape index (κ3) is 5.88. The van der Waals surface area contributed by atoms with Crippen molar-refractivity contribution in [2.24, 2.45) is 0 Å². The molecular formula is C24H33N3O4. The van der Waals surface area contributed by atoms with E-state index in [-0.39, 0.29) is 11.9 Å². The first-order valence-corrected chi connectivity index (χ1v) is 10.7. The summed E-state index contributed by atoms with van der Waals surface area (Å²) in [4.78, 5) is 21.7. The summed E-state index contributed by atoms with van der Waals surface area (Å²) in [5.41, 5.74) is 1.97. The smallest absolute Gasteiger partial charge is 0.226 e. The van der Waals surface area contributed by atoms with Crippen molar-refractivity contribution < 1.29 is 19.0 Å². The van der Waals surface area contributed by atoms with E-state index in [0.29, 0.717) is 23.7 Å². The van der Waals surface area contributed by atoms with E-state index in [9.17, 15) is 4.79 Å². The van der Waals surface area contributed by atoms with E-state index < -0.39 is 0 Å².